The third-order valence-corrected chi connectivity index (χ3v) is 1.44. The van der Waals surface area contributed by atoms with Gasteiger partial charge in [0.2, 0.25) is 5.91 Å². The molecule has 1 saturated heterocycles. The third-order valence-electron chi connectivity index (χ3n) is 1.44. The maximum absolute atomic E-state index is 10.5. The summed E-state index contributed by atoms with van der Waals surface area (Å²) >= 11 is 0. The normalized spacial score (nSPS) is 27.8. The molecule has 4 heteroatoms. The molecule has 1 atom stereocenters. The fourth-order valence-corrected chi connectivity index (χ4v) is 0.819. The van der Waals surface area contributed by atoms with Gasteiger partial charge in [-0.25, -0.2) is 5.43 Å². The highest BCUT2D eigenvalue weighted by atomic mass is 16.1. The Balaban J connectivity index is 2.31. The zero-order chi connectivity index (χ0) is 6.69. The lowest BCUT2D eigenvalue weighted by Gasteiger charge is -2.18. The average molecular weight is 128 g/mol. The Kier molecular flexibility index (Phi) is 2.02. The van der Waals surface area contributed by atoms with Crippen LogP contribution in [-0.4, -0.2) is 19.0 Å². The first kappa shape index (κ1) is 6.51. The molecule has 0 aromatic heterocycles. The van der Waals surface area contributed by atoms with Crippen molar-refractivity contribution in [1.82, 2.24) is 10.9 Å². The summed E-state index contributed by atoms with van der Waals surface area (Å²) in [7, 11) is 0. The number of amides is 1. The molecule has 0 bridgehead atoms. The van der Waals surface area contributed by atoms with Gasteiger partial charge in [-0.2, -0.15) is 5.43 Å². The molecule has 0 aromatic carbocycles. The monoisotopic (exact) mass is 128 g/mol. The van der Waals surface area contributed by atoms with Crippen molar-refractivity contribution in [2.24, 2.45) is 11.7 Å². The first-order chi connectivity index (χ1) is 4.30. The van der Waals surface area contributed by atoms with Gasteiger partial charge in [-0.3, -0.25) is 4.79 Å². The summed E-state index contributed by atoms with van der Waals surface area (Å²) in [6, 6.07) is 0. The van der Waals surface area contributed by atoms with Crippen LogP contribution in [0.15, 0.2) is 0 Å². The maximum atomic E-state index is 10.5. The number of hydrogen-bond donors (Lipinski definition) is 2. The number of primary amides is 1. The number of nitrogens with zero attached hydrogens (tertiary/aromatic N) is 1. The Morgan fingerprint density at radius 2 is 2.56 bits per heavy atom. The molecule has 1 unspecified atom stereocenters. The molecule has 1 rings (SSSR count). The zero-order valence-corrected chi connectivity index (χ0v) is 5.13. The van der Waals surface area contributed by atoms with Gasteiger partial charge < -0.3 is 5.73 Å². The molecule has 1 heterocycles. The second kappa shape index (κ2) is 2.80. The van der Waals surface area contributed by atoms with E-state index in [0.717, 1.165) is 6.42 Å². The van der Waals surface area contributed by atoms with E-state index in [0.29, 0.717) is 13.1 Å². The Hall–Kier alpha value is -0.610. The summed E-state index contributed by atoms with van der Waals surface area (Å²) < 4.78 is 0. The quantitative estimate of drug-likeness (QED) is 0.456. The summed E-state index contributed by atoms with van der Waals surface area (Å²) in [6.07, 6.45) is 0.794. The first-order valence-corrected chi connectivity index (χ1v) is 2.99. The van der Waals surface area contributed by atoms with Crippen molar-refractivity contribution in [3.63, 3.8) is 0 Å². The van der Waals surface area contributed by atoms with Crippen molar-refractivity contribution >= 4 is 5.91 Å². The van der Waals surface area contributed by atoms with E-state index in [-0.39, 0.29) is 11.8 Å². The van der Waals surface area contributed by atoms with E-state index in [1.54, 1.807) is 0 Å². The second-order valence-electron chi connectivity index (χ2n) is 2.13. The molecule has 4 nitrogen and oxygen atoms in total. The van der Waals surface area contributed by atoms with Crippen LogP contribution in [0.2, 0.25) is 0 Å². The number of nitrogens with one attached hydrogen (secondary N) is 1. The minimum absolute atomic E-state index is 0.0116. The predicted octanol–water partition coefficient (Wildman–Crippen LogP) is -1.40. The molecule has 1 radical (unpaired) electrons. The molecule has 0 aromatic rings. The molecule has 51 valence electrons. The fraction of sp³-hybridized carbons (Fsp3) is 0.800. The lowest BCUT2D eigenvalue weighted by atomic mass is 10.0. The standard InChI is InChI=1S/C5H10N3O/c6-5(9)4-1-2-7-8-3-4/h4,8H,1-3H2,(H2,6,9). The van der Waals surface area contributed by atoms with Crippen molar-refractivity contribution in [2.75, 3.05) is 13.1 Å². The highest BCUT2D eigenvalue weighted by Gasteiger charge is 2.17. The molecular formula is C5H10N3O. The van der Waals surface area contributed by atoms with Gasteiger partial charge >= 0.3 is 0 Å². The van der Waals surface area contributed by atoms with E-state index in [1.165, 1.54) is 0 Å². The van der Waals surface area contributed by atoms with Crippen LogP contribution in [0.3, 0.4) is 0 Å². The summed E-state index contributed by atoms with van der Waals surface area (Å²) in [5.41, 5.74) is 11.6. The molecule has 3 N–H and O–H groups in total. The van der Waals surface area contributed by atoms with Gasteiger partial charge in [-0.05, 0) is 6.42 Å². The highest BCUT2D eigenvalue weighted by Crippen LogP contribution is 2.02. The van der Waals surface area contributed by atoms with E-state index in [1.807, 2.05) is 0 Å². The van der Waals surface area contributed by atoms with Crippen LogP contribution in [0.4, 0.5) is 0 Å². The summed E-state index contributed by atoms with van der Waals surface area (Å²) in [5.74, 6) is -0.236. The average Bonchev–Trinajstić information content (AvgIpc) is 1.90. The number of hydrogen-bond acceptors (Lipinski definition) is 2. The van der Waals surface area contributed by atoms with E-state index in [4.69, 9.17) is 5.73 Å². The Labute approximate surface area is 53.8 Å². The molecule has 0 saturated carbocycles. The number of nitrogens with two attached hydrogens (primary N) is 1. The largest absolute Gasteiger partial charge is 0.369 e. The second-order valence-corrected chi connectivity index (χ2v) is 2.13. The lowest BCUT2D eigenvalue weighted by molar-refractivity contribution is -0.122. The van der Waals surface area contributed by atoms with Gasteiger partial charge in [0.15, 0.2) is 0 Å². The Morgan fingerprint density at radius 1 is 1.78 bits per heavy atom. The van der Waals surface area contributed by atoms with Crippen LogP contribution in [0.5, 0.6) is 0 Å². The minimum atomic E-state index is -0.225. The molecule has 1 aliphatic heterocycles. The van der Waals surface area contributed by atoms with Gasteiger partial charge in [-0.15, -0.1) is 0 Å². The van der Waals surface area contributed by atoms with Crippen LogP contribution in [-0.2, 0) is 4.79 Å². The van der Waals surface area contributed by atoms with Crippen LogP contribution in [0, 0.1) is 5.92 Å². The van der Waals surface area contributed by atoms with E-state index in [2.05, 4.69) is 10.9 Å². The molecule has 9 heavy (non-hydrogen) atoms. The van der Waals surface area contributed by atoms with Crippen LogP contribution >= 0.6 is 0 Å². The van der Waals surface area contributed by atoms with Crippen molar-refractivity contribution in [2.45, 2.75) is 6.42 Å². The molecule has 1 fully saturated rings. The Bertz CT molecular complexity index is 109. The number of rotatable bonds is 1. The van der Waals surface area contributed by atoms with Crippen LogP contribution in [0.25, 0.3) is 0 Å². The molecule has 0 spiro atoms. The van der Waals surface area contributed by atoms with Gasteiger partial charge in [0, 0.05) is 13.1 Å². The molecule has 1 amide bonds. The fourth-order valence-electron chi connectivity index (χ4n) is 0.819. The topological polar surface area (TPSA) is 69.2 Å². The van der Waals surface area contributed by atoms with E-state index < -0.39 is 0 Å². The van der Waals surface area contributed by atoms with Crippen molar-refractivity contribution < 1.29 is 4.79 Å². The number of carbonyl (C=O) groups excluding carboxylic acids is 1. The lowest BCUT2D eigenvalue weighted by Crippen LogP contribution is -2.43. The minimum Gasteiger partial charge on any atom is -0.369 e. The highest BCUT2D eigenvalue weighted by molar-refractivity contribution is 5.76. The van der Waals surface area contributed by atoms with Crippen molar-refractivity contribution in [3.05, 3.63) is 0 Å². The van der Waals surface area contributed by atoms with Gasteiger partial charge in [-0.1, -0.05) is 0 Å². The van der Waals surface area contributed by atoms with Crippen LogP contribution < -0.4 is 16.6 Å². The van der Waals surface area contributed by atoms with E-state index in [9.17, 15) is 4.79 Å². The first-order valence-electron chi connectivity index (χ1n) is 2.99. The van der Waals surface area contributed by atoms with Gasteiger partial charge in [0.05, 0.1) is 5.92 Å². The van der Waals surface area contributed by atoms with Crippen molar-refractivity contribution in [1.29, 1.82) is 0 Å². The summed E-state index contributed by atoms with van der Waals surface area (Å²) in [5, 5.41) is 0. The van der Waals surface area contributed by atoms with Crippen LogP contribution in [0.1, 0.15) is 6.42 Å². The Morgan fingerprint density at radius 3 is 2.89 bits per heavy atom. The van der Waals surface area contributed by atoms with Gasteiger partial charge in [0.25, 0.3) is 0 Å². The van der Waals surface area contributed by atoms with Gasteiger partial charge in [0.1, 0.15) is 0 Å². The molecule has 1 aliphatic rings. The van der Waals surface area contributed by atoms with E-state index >= 15 is 0 Å². The summed E-state index contributed by atoms with van der Waals surface area (Å²) in [4.78, 5) is 10.5. The maximum Gasteiger partial charge on any atom is 0.221 e. The number of carbonyl (C=O) groups is 1. The predicted molar refractivity (Wildman–Crippen MR) is 32.3 cm³/mol. The van der Waals surface area contributed by atoms with Crippen molar-refractivity contribution in [3.8, 4) is 0 Å². The third kappa shape index (κ3) is 1.65. The molecular weight excluding hydrogens is 118 g/mol. The summed E-state index contributed by atoms with van der Waals surface area (Å²) in [6.45, 7) is 1.31. The SMILES string of the molecule is NC(=O)C1CC[N]NC1. The molecule has 0 aliphatic carbocycles. The smallest absolute Gasteiger partial charge is 0.221 e. The zero-order valence-electron chi connectivity index (χ0n) is 5.13.